The van der Waals surface area contributed by atoms with Gasteiger partial charge < -0.3 is 14.7 Å². The molecular weight excluding hydrogens is 278 g/mol. The van der Waals surface area contributed by atoms with Crippen LogP contribution >= 0.6 is 11.6 Å². The maximum absolute atomic E-state index is 10.8. The molecule has 0 saturated carbocycles. The van der Waals surface area contributed by atoms with Gasteiger partial charge in [-0.25, -0.2) is 0 Å². The van der Waals surface area contributed by atoms with Gasteiger partial charge in [-0.3, -0.25) is 4.79 Å². The van der Waals surface area contributed by atoms with Crippen molar-refractivity contribution in [2.75, 3.05) is 25.1 Å². The molecule has 0 radical (unpaired) electrons. The Kier molecular flexibility index (Phi) is 5.89. The summed E-state index contributed by atoms with van der Waals surface area (Å²) in [5.41, 5.74) is 2.70. The Labute approximate surface area is 124 Å². The Morgan fingerprint density at radius 1 is 1.50 bits per heavy atom. The largest absolute Gasteiger partial charge is 0.495 e. The van der Waals surface area contributed by atoms with Gasteiger partial charge in [0.05, 0.1) is 19.2 Å². The van der Waals surface area contributed by atoms with Gasteiger partial charge in [-0.2, -0.15) is 0 Å². The number of hydrogen-bond acceptors (Lipinski definition) is 3. The predicted octanol–water partition coefficient (Wildman–Crippen LogP) is 3.51. The van der Waals surface area contributed by atoms with Crippen molar-refractivity contribution in [1.29, 1.82) is 0 Å². The van der Waals surface area contributed by atoms with E-state index in [-0.39, 0.29) is 6.42 Å². The first-order valence-corrected chi connectivity index (χ1v) is 6.68. The highest BCUT2D eigenvalue weighted by atomic mass is 35.5. The molecule has 20 heavy (non-hydrogen) atoms. The lowest BCUT2D eigenvalue weighted by atomic mass is 10.1. The molecular formula is C15H20ClNO3. The molecule has 0 amide bonds. The first-order chi connectivity index (χ1) is 9.35. The Hall–Kier alpha value is -1.68. The van der Waals surface area contributed by atoms with E-state index >= 15 is 0 Å². The lowest BCUT2D eigenvalue weighted by molar-refractivity contribution is -0.136. The van der Waals surface area contributed by atoms with Gasteiger partial charge in [0, 0.05) is 24.2 Å². The molecule has 1 rings (SSSR count). The molecule has 0 spiro atoms. The number of aliphatic carboxylic acids is 1. The summed E-state index contributed by atoms with van der Waals surface area (Å²) in [5, 5.41) is 9.49. The first kappa shape index (κ1) is 16.4. The predicted molar refractivity (Wildman–Crippen MR) is 82.0 cm³/mol. The zero-order valence-corrected chi connectivity index (χ0v) is 12.8. The molecule has 0 aliphatic carbocycles. The number of methoxy groups -OCH3 is 1. The van der Waals surface area contributed by atoms with Gasteiger partial charge in [0.1, 0.15) is 5.75 Å². The lowest BCUT2D eigenvalue weighted by Crippen LogP contribution is -2.28. The molecule has 0 heterocycles. The van der Waals surface area contributed by atoms with Gasteiger partial charge in [0.2, 0.25) is 0 Å². The van der Waals surface area contributed by atoms with Crippen LogP contribution in [0, 0.1) is 6.92 Å². The summed E-state index contributed by atoms with van der Waals surface area (Å²) in [6, 6.07) is 3.66. The highest BCUT2D eigenvalue weighted by Crippen LogP contribution is 2.34. The van der Waals surface area contributed by atoms with E-state index in [2.05, 4.69) is 6.58 Å². The van der Waals surface area contributed by atoms with Crippen LogP contribution in [-0.4, -0.2) is 31.3 Å². The van der Waals surface area contributed by atoms with Crippen LogP contribution in [0.2, 0.25) is 5.02 Å². The molecule has 5 heteroatoms. The molecule has 1 N–H and O–H groups in total. The number of halogens is 1. The minimum Gasteiger partial charge on any atom is -0.495 e. The van der Waals surface area contributed by atoms with Crippen LogP contribution in [0.1, 0.15) is 18.9 Å². The second-order valence-corrected chi connectivity index (χ2v) is 5.20. The standard InChI is InChI=1S/C15H20ClNO3/c1-10(2)9-17(6-5-15(18)19)13-7-11(3)12(16)8-14(13)20-4/h7-8H,1,5-6,9H2,2-4H3,(H,18,19). The normalized spacial score (nSPS) is 10.2. The zero-order valence-electron chi connectivity index (χ0n) is 12.1. The fourth-order valence-electron chi connectivity index (χ4n) is 1.90. The van der Waals surface area contributed by atoms with Crippen molar-refractivity contribution in [2.45, 2.75) is 20.3 Å². The molecule has 0 unspecified atom stereocenters. The summed E-state index contributed by atoms with van der Waals surface area (Å²) in [5.74, 6) is -0.200. The van der Waals surface area contributed by atoms with Crippen molar-refractivity contribution in [3.63, 3.8) is 0 Å². The summed E-state index contributed by atoms with van der Waals surface area (Å²) in [6.45, 7) is 8.66. The van der Waals surface area contributed by atoms with Gasteiger partial charge in [-0.15, -0.1) is 0 Å². The molecule has 0 fully saturated rings. The molecule has 0 bridgehead atoms. The molecule has 0 aliphatic rings. The maximum Gasteiger partial charge on any atom is 0.305 e. The number of anilines is 1. The minimum atomic E-state index is -0.832. The zero-order chi connectivity index (χ0) is 15.3. The highest BCUT2D eigenvalue weighted by Gasteiger charge is 2.15. The van der Waals surface area contributed by atoms with E-state index in [1.54, 1.807) is 13.2 Å². The minimum absolute atomic E-state index is 0.0537. The van der Waals surface area contributed by atoms with E-state index in [0.29, 0.717) is 23.9 Å². The van der Waals surface area contributed by atoms with Crippen molar-refractivity contribution < 1.29 is 14.6 Å². The van der Waals surface area contributed by atoms with Crippen molar-refractivity contribution in [1.82, 2.24) is 0 Å². The molecule has 0 saturated heterocycles. The molecule has 0 aliphatic heterocycles. The van der Waals surface area contributed by atoms with E-state index in [9.17, 15) is 4.79 Å². The third-order valence-electron chi connectivity index (χ3n) is 2.86. The highest BCUT2D eigenvalue weighted by molar-refractivity contribution is 6.31. The summed E-state index contributed by atoms with van der Waals surface area (Å²) in [6.07, 6.45) is 0.0537. The van der Waals surface area contributed by atoms with Crippen molar-refractivity contribution >= 4 is 23.3 Å². The van der Waals surface area contributed by atoms with Crippen molar-refractivity contribution in [3.05, 3.63) is 34.9 Å². The first-order valence-electron chi connectivity index (χ1n) is 6.30. The smallest absolute Gasteiger partial charge is 0.305 e. The molecule has 1 aromatic carbocycles. The van der Waals surface area contributed by atoms with E-state index < -0.39 is 5.97 Å². The number of nitrogens with zero attached hydrogens (tertiary/aromatic N) is 1. The fraction of sp³-hybridized carbons (Fsp3) is 0.400. The average molecular weight is 298 g/mol. The van der Waals surface area contributed by atoms with E-state index in [1.807, 2.05) is 24.8 Å². The third kappa shape index (κ3) is 4.46. The van der Waals surface area contributed by atoms with Crippen LogP contribution < -0.4 is 9.64 Å². The van der Waals surface area contributed by atoms with Crippen LogP contribution in [-0.2, 0) is 4.79 Å². The third-order valence-corrected chi connectivity index (χ3v) is 3.26. The molecule has 4 nitrogen and oxygen atoms in total. The Balaban J connectivity index is 3.13. The van der Waals surface area contributed by atoms with Gasteiger partial charge in [0.25, 0.3) is 0 Å². The number of ether oxygens (including phenoxy) is 1. The lowest BCUT2D eigenvalue weighted by Gasteiger charge is -2.27. The SMILES string of the molecule is C=C(C)CN(CCC(=O)O)c1cc(C)c(Cl)cc1OC. The number of rotatable bonds is 7. The number of carbonyl (C=O) groups is 1. The molecule has 0 aromatic heterocycles. The van der Waals surface area contributed by atoms with Crippen molar-refractivity contribution in [3.8, 4) is 5.75 Å². The van der Waals surface area contributed by atoms with E-state index in [0.717, 1.165) is 16.8 Å². The average Bonchev–Trinajstić information content (AvgIpc) is 2.36. The summed E-state index contributed by atoms with van der Waals surface area (Å²) in [4.78, 5) is 12.7. The van der Waals surface area contributed by atoms with Gasteiger partial charge in [0.15, 0.2) is 0 Å². The number of carboxylic acids is 1. The topological polar surface area (TPSA) is 49.8 Å². The van der Waals surface area contributed by atoms with Gasteiger partial charge in [-0.05, 0) is 25.5 Å². The fourth-order valence-corrected chi connectivity index (χ4v) is 2.05. The van der Waals surface area contributed by atoms with Gasteiger partial charge in [-0.1, -0.05) is 23.8 Å². The molecule has 1 aromatic rings. The molecule has 0 atom stereocenters. The van der Waals surface area contributed by atoms with Gasteiger partial charge >= 0.3 is 5.97 Å². The Bertz CT molecular complexity index is 514. The maximum atomic E-state index is 10.8. The van der Waals surface area contributed by atoms with Crippen LogP contribution in [0.5, 0.6) is 5.75 Å². The monoisotopic (exact) mass is 297 g/mol. The van der Waals surface area contributed by atoms with Crippen LogP contribution in [0.4, 0.5) is 5.69 Å². The quantitative estimate of drug-likeness (QED) is 0.782. The Morgan fingerprint density at radius 3 is 2.65 bits per heavy atom. The Morgan fingerprint density at radius 2 is 2.15 bits per heavy atom. The van der Waals surface area contributed by atoms with Crippen molar-refractivity contribution in [2.24, 2.45) is 0 Å². The second kappa shape index (κ2) is 7.20. The second-order valence-electron chi connectivity index (χ2n) is 4.80. The van der Waals surface area contributed by atoms with E-state index in [4.69, 9.17) is 21.4 Å². The number of benzene rings is 1. The summed E-state index contributed by atoms with van der Waals surface area (Å²) < 4.78 is 5.35. The number of carboxylic acid groups (broad SMARTS) is 1. The van der Waals surface area contributed by atoms with Crippen LogP contribution in [0.15, 0.2) is 24.3 Å². The van der Waals surface area contributed by atoms with Crippen LogP contribution in [0.25, 0.3) is 0 Å². The summed E-state index contributed by atoms with van der Waals surface area (Å²) >= 11 is 6.09. The number of aryl methyl sites for hydroxylation is 1. The summed E-state index contributed by atoms with van der Waals surface area (Å²) in [7, 11) is 1.57. The molecule has 110 valence electrons. The number of hydrogen-bond donors (Lipinski definition) is 1. The van der Waals surface area contributed by atoms with Crippen LogP contribution in [0.3, 0.4) is 0 Å². The van der Waals surface area contributed by atoms with E-state index in [1.165, 1.54) is 0 Å².